The normalized spacial score (nSPS) is 19.6. The number of furan rings is 1. The van der Waals surface area contributed by atoms with Crippen LogP contribution in [-0.4, -0.2) is 41.2 Å². The van der Waals surface area contributed by atoms with E-state index in [0.717, 1.165) is 0 Å². The topological polar surface area (TPSA) is 123 Å². The number of nitrogens with one attached hydrogen (secondary N) is 1. The highest BCUT2D eigenvalue weighted by Gasteiger charge is 2.44. The summed E-state index contributed by atoms with van der Waals surface area (Å²) in [5.74, 6) is -2.38. The standard InChI is InChI=1S/C19H18ClF3N6O2/c20-10-4-14-16(27-5-10)15(17(25)31-14)18(30)28-12-6-26-2-1-13(12)29-7-9(19(21,22)23)3-11(24)8-29/h1-2,4-6,9,11H,3,7-8,24-25H2,(H,28,30)/t9-,11+/m0/s1. The van der Waals surface area contributed by atoms with Crippen molar-refractivity contribution in [3.8, 4) is 0 Å². The quantitative estimate of drug-likeness (QED) is 0.554. The third-order valence-corrected chi connectivity index (χ3v) is 5.29. The first kappa shape index (κ1) is 21.2. The van der Waals surface area contributed by atoms with Gasteiger partial charge in [-0.1, -0.05) is 11.6 Å². The van der Waals surface area contributed by atoms with Gasteiger partial charge in [0.05, 0.1) is 28.5 Å². The number of hydrogen-bond acceptors (Lipinski definition) is 7. The lowest BCUT2D eigenvalue weighted by Gasteiger charge is -2.39. The first-order chi connectivity index (χ1) is 14.6. The van der Waals surface area contributed by atoms with E-state index >= 15 is 0 Å². The molecule has 5 N–H and O–H groups in total. The maximum absolute atomic E-state index is 13.3. The summed E-state index contributed by atoms with van der Waals surface area (Å²) in [5, 5.41) is 2.96. The number of aromatic nitrogens is 2. The van der Waals surface area contributed by atoms with Gasteiger partial charge in [0.25, 0.3) is 5.91 Å². The Labute approximate surface area is 179 Å². The van der Waals surface area contributed by atoms with Crippen LogP contribution in [-0.2, 0) is 0 Å². The molecule has 0 unspecified atom stereocenters. The number of nitrogen functional groups attached to an aromatic ring is 1. The molecule has 0 spiro atoms. The SMILES string of the molecule is Nc1oc2cc(Cl)cnc2c1C(=O)Nc1cnccc1N1C[C@H](N)C[C@H](C(F)(F)F)C1. The minimum Gasteiger partial charge on any atom is -0.438 e. The fourth-order valence-corrected chi connectivity index (χ4v) is 3.86. The number of fused-ring (bicyclic) bond motifs is 1. The molecule has 1 aliphatic rings. The van der Waals surface area contributed by atoms with Gasteiger partial charge >= 0.3 is 6.18 Å². The molecule has 3 aromatic rings. The van der Waals surface area contributed by atoms with Crippen LogP contribution in [0.4, 0.5) is 30.4 Å². The molecule has 8 nitrogen and oxygen atoms in total. The molecule has 164 valence electrons. The van der Waals surface area contributed by atoms with E-state index in [0.29, 0.717) is 10.7 Å². The number of anilines is 3. The molecular formula is C19H18ClF3N6O2. The van der Waals surface area contributed by atoms with E-state index in [4.69, 9.17) is 27.5 Å². The molecule has 0 saturated carbocycles. The molecule has 1 saturated heterocycles. The van der Waals surface area contributed by atoms with Crippen LogP contribution in [0, 0.1) is 5.92 Å². The van der Waals surface area contributed by atoms with Crippen molar-refractivity contribution in [3.63, 3.8) is 0 Å². The summed E-state index contributed by atoms with van der Waals surface area (Å²) in [6.45, 7) is -0.0722. The summed E-state index contributed by atoms with van der Waals surface area (Å²) < 4.78 is 45.3. The highest BCUT2D eigenvalue weighted by atomic mass is 35.5. The molecule has 1 fully saturated rings. The summed E-state index contributed by atoms with van der Waals surface area (Å²) in [7, 11) is 0. The zero-order chi connectivity index (χ0) is 22.3. The summed E-state index contributed by atoms with van der Waals surface area (Å²) >= 11 is 5.88. The number of halogens is 4. The molecule has 1 aliphatic heterocycles. The van der Waals surface area contributed by atoms with Gasteiger partial charge in [-0.05, 0) is 12.5 Å². The largest absolute Gasteiger partial charge is 0.438 e. The Morgan fingerprint density at radius 2 is 2.10 bits per heavy atom. The zero-order valence-corrected chi connectivity index (χ0v) is 16.7. The van der Waals surface area contributed by atoms with E-state index in [1.807, 2.05) is 0 Å². The number of piperidine rings is 1. The van der Waals surface area contributed by atoms with Crippen molar-refractivity contribution in [2.75, 3.05) is 29.0 Å². The summed E-state index contributed by atoms with van der Waals surface area (Å²) in [6.07, 6.45) is -0.405. The van der Waals surface area contributed by atoms with Crippen molar-refractivity contribution < 1.29 is 22.4 Å². The molecule has 2 atom stereocenters. The van der Waals surface area contributed by atoms with Crippen LogP contribution in [0.3, 0.4) is 0 Å². The zero-order valence-electron chi connectivity index (χ0n) is 16.0. The number of rotatable bonds is 3. The Morgan fingerprint density at radius 1 is 1.32 bits per heavy atom. The molecule has 1 amide bonds. The smallest absolute Gasteiger partial charge is 0.393 e. The highest BCUT2D eigenvalue weighted by molar-refractivity contribution is 6.31. The second-order valence-corrected chi connectivity index (χ2v) is 7.76. The summed E-state index contributed by atoms with van der Waals surface area (Å²) in [6, 6.07) is 2.33. The van der Waals surface area contributed by atoms with E-state index in [-0.39, 0.29) is 47.7 Å². The van der Waals surface area contributed by atoms with Gasteiger partial charge in [-0.25, -0.2) is 0 Å². The minimum atomic E-state index is -4.37. The fourth-order valence-electron chi connectivity index (χ4n) is 3.71. The Balaban J connectivity index is 1.64. The number of amides is 1. The van der Waals surface area contributed by atoms with Crippen molar-refractivity contribution in [2.24, 2.45) is 11.7 Å². The maximum atomic E-state index is 13.3. The number of pyridine rings is 2. The lowest BCUT2D eigenvalue weighted by molar-refractivity contribution is -0.177. The Morgan fingerprint density at radius 3 is 2.84 bits per heavy atom. The van der Waals surface area contributed by atoms with Gasteiger partial charge in [-0.15, -0.1) is 0 Å². The molecular weight excluding hydrogens is 437 g/mol. The summed E-state index contributed by atoms with van der Waals surface area (Å²) in [4.78, 5) is 22.5. The molecule has 4 heterocycles. The maximum Gasteiger partial charge on any atom is 0.393 e. The third kappa shape index (κ3) is 4.23. The number of carbonyl (C=O) groups excluding carboxylic acids is 1. The second-order valence-electron chi connectivity index (χ2n) is 7.33. The second kappa shape index (κ2) is 7.89. The average Bonchev–Trinajstić information content (AvgIpc) is 3.02. The van der Waals surface area contributed by atoms with E-state index in [2.05, 4.69) is 15.3 Å². The molecule has 3 aromatic heterocycles. The number of hydrogen-bond donors (Lipinski definition) is 3. The van der Waals surface area contributed by atoms with E-state index in [1.165, 1.54) is 35.6 Å². The number of nitrogens with zero attached hydrogens (tertiary/aromatic N) is 3. The first-order valence-electron chi connectivity index (χ1n) is 9.29. The van der Waals surface area contributed by atoms with E-state index in [9.17, 15) is 18.0 Å². The Bertz CT molecular complexity index is 1140. The van der Waals surface area contributed by atoms with Gasteiger partial charge in [-0.2, -0.15) is 13.2 Å². The lowest BCUT2D eigenvalue weighted by atomic mass is 9.93. The van der Waals surface area contributed by atoms with Crippen molar-refractivity contribution >= 4 is 45.9 Å². The van der Waals surface area contributed by atoms with Crippen molar-refractivity contribution in [1.29, 1.82) is 0 Å². The van der Waals surface area contributed by atoms with Gasteiger partial charge < -0.3 is 26.1 Å². The van der Waals surface area contributed by atoms with Gasteiger partial charge in [0, 0.05) is 37.6 Å². The third-order valence-electron chi connectivity index (χ3n) is 5.08. The molecule has 0 radical (unpaired) electrons. The Hall–Kier alpha value is -3.05. The highest BCUT2D eigenvalue weighted by Crippen LogP contribution is 2.37. The van der Waals surface area contributed by atoms with Gasteiger partial charge in [0.15, 0.2) is 5.58 Å². The number of nitrogens with two attached hydrogens (primary N) is 2. The van der Waals surface area contributed by atoms with E-state index < -0.39 is 24.0 Å². The molecule has 0 bridgehead atoms. The van der Waals surface area contributed by atoms with Gasteiger partial charge in [0.1, 0.15) is 11.1 Å². The lowest BCUT2D eigenvalue weighted by Crippen LogP contribution is -2.51. The summed E-state index contributed by atoms with van der Waals surface area (Å²) in [5.41, 5.74) is 12.7. The van der Waals surface area contributed by atoms with Crippen molar-refractivity contribution in [2.45, 2.75) is 18.6 Å². The van der Waals surface area contributed by atoms with Crippen LogP contribution >= 0.6 is 11.6 Å². The molecule has 4 rings (SSSR count). The van der Waals surface area contributed by atoms with E-state index in [1.54, 1.807) is 0 Å². The van der Waals surface area contributed by atoms with Crippen LogP contribution in [0.25, 0.3) is 11.1 Å². The van der Waals surface area contributed by atoms with Crippen molar-refractivity contribution in [3.05, 3.63) is 41.3 Å². The minimum absolute atomic E-state index is 0.00927. The first-order valence-corrected chi connectivity index (χ1v) is 9.67. The molecule has 0 aromatic carbocycles. The molecule has 0 aliphatic carbocycles. The van der Waals surface area contributed by atoms with Gasteiger partial charge in [-0.3, -0.25) is 14.8 Å². The number of carbonyl (C=O) groups is 1. The van der Waals surface area contributed by atoms with Gasteiger partial charge in [0.2, 0.25) is 5.88 Å². The monoisotopic (exact) mass is 454 g/mol. The Kier molecular flexibility index (Phi) is 5.40. The van der Waals surface area contributed by atoms with Crippen LogP contribution in [0.15, 0.2) is 35.1 Å². The fraction of sp³-hybridized carbons (Fsp3) is 0.316. The predicted molar refractivity (Wildman–Crippen MR) is 110 cm³/mol. The predicted octanol–water partition coefficient (Wildman–Crippen LogP) is 3.43. The van der Waals surface area contributed by atoms with Crippen molar-refractivity contribution in [1.82, 2.24) is 9.97 Å². The van der Waals surface area contributed by atoms with Crippen LogP contribution in [0.2, 0.25) is 5.02 Å². The molecule has 12 heteroatoms. The van der Waals surface area contributed by atoms with Crippen LogP contribution in [0.5, 0.6) is 0 Å². The molecule has 31 heavy (non-hydrogen) atoms. The average molecular weight is 455 g/mol. The number of alkyl halides is 3. The van der Waals surface area contributed by atoms with Crippen LogP contribution in [0.1, 0.15) is 16.8 Å². The van der Waals surface area contributed by atoms with Crippen LogP contribution < -0.4 is 21.7 Å².